The van der Waals surface area contributed by atoms with E-state index in [4.69, 9.17) is 10.2 Å². The number of aromatic hydroxyl groups is 1. The number of nitrogens with zero attached hydrogens (tertiary/aromatic N) is 1. The van der Waals surface area contributed by atoms with Gasteiger partial charge in [0, 0.05) is 5.56 Å². The predicted molar refractivity (Wildman–Crippen MR) is 43.7 cm³/mol. The molecule has 2 bridgehead atoms. The Morgan fingerprint density at radius 1 is 1.47 bits per heavy atom. The number of aromatic carboxylic acids is 1. The smallest absolute Gasteiger partial charge is 0.367 e. The van der Waals surface area contributed by atoms with Crippen LogP contribution < -0.4 is 4.74 Å². The van der Waals surface area contributed by atoms with E-state index in [0.717, 1.165) is 0 Å². The second-order valence-electron chi connectivity index (χ2n) is 2.82. The van der Waals surface area contributed by atoms with Crippen molar-refractivity contribution in [3.8, 4) is 11.6 Å². The number of rotatable bonds is 2. The molecular weight excluding hydrogens is 206 g/mol. The summed E-state index contributed by atoms with van der Waals surface area (Å²) in [6.45, 7) is -0.716. The van der Waals surface area contributed by atoms with Gasteiger partial charge in [0.15, 0.2) is 11.4 Å². The van der Waals surface area contributed by atoms with Crippen LogP contribution in [-0.4, -0.2) is 32.2 Å². The molecule has 0 fully saturated rings. The highest BCUT2D eigenvalue weighted by molar-refractivity contribution is 6.01. The Morgan fingerprint density at radius 2 is 2.13 bits per heavy atom. The molecule has 0 spiro atoms. The maximum atomic E-state index is 11.0. The molecule has 0 unspecified atom stereocenters. The largest absolute Gasteiger partial charge is 0.505 e. The molecule has 3 N–H and O–H groups in total. The highest BCUT2D eigenvalue weighted by atomic mass is 16.6. The van der Waals surface area contributed by atoms with Crippen LogP contribution in [0.3, 0.4) is 0 Å². The van der Waals surface area contributed by atoms with Gasteiger partial charge in [0.2, 0.25) is 5.88 Å². The molecule has 78 valence electrons. The molecule has 0 saturated carbocycles. The number of aliphatic hydroxyl groups is 1. The van der Waals surface area contributed by atoms with Gasteiger partial charge in [0.25, 0.3) is 0 Å². The number of carbonyl (C=O) groups excluding carboxylic acids is 1. The van der Waals surface area contributed by atoms with E-state index < -0.39 is 35.7 Å². The topological polar surface area (TPSA) is 117 Å². The second-order valence-corrected chi connectivity index (χ2v) is 2.82. The molecule has 15 heavy (non-hydrogen) atoms. The van der Waals surface area contributed by atoms with Crippen LogP contribution in [0.2, 0.25) is 0 Å². The number of ether oxygens (including phenoxy) is 1. The molecular formula is C8H5NO6. The SMILES string of the molecule is O=C1Oc2nc1c(O)c(CO)c2C(=O)O. The van der Waals surface area contributed by atoms with Crippen molar-refractivity contribution in [1.82, 2.24) is 4.98 Å². The lowest BCUT2D eigenvalue weighted by atomic mass is 10.1. The highest BCUT2D eigenvalue weighted by Gasteiger charge is 2.34. The first-order valence-corrected chi connectivity index (χ1v) is 3.88. The molecule has 0 aromatic carbocycles. The summed E-state index contributed by atoms with van der Waals surface area (Å²) in [6.07, 6.45) is 0. The van der Waals surface area contributed by atoms with Crippen molar-refractivity contribution in [1.29, 1.82) is 0 Å². The van der Waals surface area contributed by atoms with Gasteiger partial charge >= 0.3 is 11.9 Å². The molecule has 1 aliphatic heterocycles. The fourth-order valence-corrected chi connectivity index (χ4v) is 1.33. The molecule has 0 radical (unpaired) electrons. The van der Waals surface area contributed by atoms with E-state index in [1.807, 2.05) is 0 Å². The van der Waals surface area contributed by atoms with Crippen LogP contribution in [0.5, 0.6) is 11.6 Å². The number of pyridine rings is 1. The van der Waals surface area contributed by atoms with Crippen molar-refractivity contribution >= 4 is 11.9 Å². The van der Waals surface area contributed by atoms with Crippen LogP contribution in [0, 0.1) is 0 Å². The number of esters is 1. The monoisotopic (exact) mass is 211 g/mol. The summed E-state index contributed by atoms with van der Waals surface area (Å²) in [6, 6.07) is 0. The minimum atomic E-state index is -1.43. The standard InChI is InChI=1S/C8H5NO6/c10-1-2-3(7(12)13)6-9-4(5(2)11)8(14)15-6/h10-11H,1H2,(H,12,13). The van der Waals surface area contributed by atoms with Crippen molar-refractivity contribution < 1.29 is 29.6 Å². The lowest BCUT2D eigenvalue weighted by Gasteiger charge is -2.04. The summed E-state index contributed by atoms with van der Waals surface area (Å²) in [5.74, 6) is -3.41. The summed E-state index contributed by atoms with van der Waals surface area (Å²) < 4.78 is 4.51. The van der Waals surface area contributed by atoms with E-state index in [1.165, 1.54) is 0 Å². The highest BCUT2D eigenvalue weighted by Crippen LogP contribution is 2.35. The maximum absolute atomic E-state index is 11.0. The van der Waals surface area contributed by atoms with Gasteiger partial charge in [0.05, 0.1) is 6.61 Å². The van der Waals surface area contributed by atoms with E-state index in [9.17, 15) is 14.7 Å². The van der Waals surface area contributed by atoms with Crippen LogP contribution in [0.15, 0.2) is 0 Å². The lowest BCUT2D eigenvalue weighted by molar-refractivity contribution is 0.0684. The summed E-state index contributed by atoms with van der Waals surface area (Å²) in [5, 5.41) is 27.1. The van der Waals surface area contributed by atoms with E-state index in [1.54, 1.807) is 0 Å². The van der Waals surface area contributed by atoms with Gasteiger partial charge in [-0.25, -0.2) is 14.6 Å². The van der Waals surface area contributed by atoms with Gasteiger partial charge in [-0.2, -0.15) is 0 Å². The van der Waals surface area contributed by atoms with Crippen molar-refractivity contribution in [2.24, 2.45) is 0 Å². The van der Waals surface area contributed by atoms with E-state index in [-0.39, 0.29) is 11.3 Å². The predicted octanol–water partition coefficient (Wildman–Crippen LogP) is -0.490. The number of carbonyl (C=O) groups is 2. The number of hydrogen-bond acceptors (Lipinski definition) is 6. The van der Waals surface area contributed by atoms with Gasteiger partial charge in [0.1, 0.15) is 5.56 Å². The van der Waals surface area contributed by atoms with Crippen LogP contribution >= 0.6 is 0 Å². The summed E-state index contributed by atoms with van der Waals surface area (Å²) >= 11 is 0. The molecule has 7 heteroatoms. The molecule has 0 atom stereocenters. The molecule has 1 aromatic heterocycles. The zero-order valence-corrected chi connectivity index (χ0v) is 7.22. The van der Waals surface area contributed by atoms with Gasteiger partial charge in [-0.1, -0.05) is 0 Å². The molecule has 2 heterocycles. The Labute approximate surface area is 82.6 Å². The van der Waals surface area contributed by atoms with E-state index in [0.29, 0.717) is 0 Å². The van der Waals surface area contributed by atoms with Crippen LogP contribution in [0.4, 0.5) is 0 Å². The minimum absolute atomic E-state index is 0.270. The minimum Gasteiger partial charge on any atom is -0.505 e. The third-order valence-corrected chi connectivity index (χ3v) is 1.99. The third kappa shape index (κ3) is 1.13. The van der Waals surface area contributed by atoms with Crippen LogP contribution in [0.1, 0.15) is 26.4 Å². The molecule has 0 aliphatic carbocycles. The van der Waals surface area contributed by atoms with E-state index >= 15 is 0 Å². The fourth-order valence-electron chi connectivity index (χ4n) is 1.33. The fraction of sp³-hybridized carbons (Fsp3) is 0.125. The van der Waals surface area contributed by atoms with Crippen molar-refractivity contribution in [3.05, 3.63) is 16.8 Å². The normalized spacial score (nSPS) is 12.7. The summed E-state index contributed by atoms with van der Waals surface area (Å²) in [4.78, 5) is 25.3. The van der Waals surface area contributed by atoms with Gasteiger partial charge in [-0.05, 0) is 0 Å². The van der Waals surface area contributed by atoms with Gasteiger partial charge in [-0.3, -0.25) is 0 Å². The average molecular weight is 211 g/mol. The molecule has 2 rings (SSSR count). The van der Waals surface area contributed by atoms with Crippen molar-refractivity contribution in [2.75, 3.05) is 0 Å². The zero-order chi connectivity index (χ0) is 11.2. The third-order valence-electron chi connectivity index (χ3n) is 1.99. The summed E-state index contributed by atoms with van der Waals surface area (Å²) in [5.41, 5.74) is -1.14. The molecule has 1 aliphatic rings. The number of carboxylic acid groups (broad SMARTS) is 1. The van der Waals surface area contributed by atoms with Crippen LogP contribution in [0.25, 0.3) is 0 Å². The van der Waals surface area contributed by atoms with E-state index in [2.05, 4.69) is 9.72 Å². The maximum Gasteiger partial charge on any atom is 0.367 e. The van der Waals surface area contributed by atoms with Crippen molar-refractivity contribution in [2.45, 2.75) is 6.61 Å². The zero-order valence-electron chi connectivity index (χ0n) is 7.22. The first-order chi connectivity index (χ1) is 7.06. The number of hydrogen-bond donors (Lipinski definition) is 3. The lowest BCUT2D eigenvalue weighted by Crippen LogP contribution is -2.05. The second kappa shape index (κ2) is 2.92. The van der Waals surface area contributed by atoms with Gasteiger partial charge in [-0.15, -0.1) is 0 Å². The molecule has 0 amide bonds. The first-order valence-electron chi connectivity index (χ1n) is 3.88. The molecule has 0 saturated heterocycles. The Kier molecular flexibility index (Phi) is 1.83. The first kappa shape index (κ1) is 9.41. The molecule has 7 nitrogen and oxygen atoms in total. The number of fused-ring (bicyclic) bond motifs is 2. The Hall–Kier alpha value is -2.15. The Morgan fingerprint density at radius 3 is 2.67 bits per heavy atom. The Bertz CT molecular complexity index is 481. The van der Waals surface area contributed by atoms with Crippen LogP contribution in [-0.2, 0) is 6.61 Å². The number of aromatic nitrogens is 1. The summed E-state index contributed by atoms with van der Waals surface area (Å²) in [7, 11) is 0. The number of carboxylic acids is 1. The average Bonchev–Trinajstić information content (AvgIpc) is 2.50. The van der Waals surface area contributed by atoms with Gasteiger partial charge < -0.3 is 20.1 Å². The quantitative estimate of drug-likeness (QED) is 0.565. The molecule has 1 aromatic rings. The van der Waals surface area contributed by atoms with Crippen molar-refractivity contribution in [3.63, 3.8) is 0 Å². The number of aliphatic hydroxyl groups excluding tert-OH is 1. The Balaban J connectivity index is 2.77.